The first-order valence-corrected chi connectivity index (χ1v) is 19.5. The van der Waals surface area contributed by atoms with E-state index in [4.69, 9.17) is 20.9 Å². The number of imide groups is 1. The van der Waals surface area contributed by atoms with Crippen molar-refractivity contribution >= 4 is 29.4 Å². The Labute approximate surface area is 336 Å². The second-order valence-electron chi connectivity index (χ2n) is 16.0. The van der Waals surface area contributed by atoms with Crippen LogP contribution in [0.4, 0.5) is 10.5 Å². The number of benzene rings is 4. The van der Waals surface area contributed by atoms with Gasteiger partial charge in [0.2, 0.25) is 5.91 Å². The lowest BCUT2D eigenvalue weighted by Crippen LogP contribution is -2.53. The highest BCUT2D eigenvalue weighted by Crippen LogP contribution is 2.29. The summed E-state index contributed by atoms with van der Waals surface area (Å²) in [6, 6.07) is 29.9. The number of ketones is 1. The number of hydrogen-bond donors (Lipinski definition) is 4. The summed E-state index contributed by atoms with van der Waals surface area (Å²) in [6.07, 6.45) is -1.29. The van der Waals surface area contributed by atoms with Crippen LogP contribution < -0.4 is 26.4 Å². The molecule has 0 fully saturated rings. The molecule has 0 aliphatic carbocycles. The third kappa shape index (κ3) is 13.7. The van der Waals surface area contributed by atoms with E-state index in [2.05, 4.69) is 5.32 Å². The molecule has 4 aromatic rings. The third-order valence-corrected chi connectivity index (χ3v) is 9.35. The van der Waals surface area contributed by atoms with Crippen LogP contribution >= 0.6 is 0 Å². The molecule has 0 spiro atoms. The summed E-state index contributed by atoms with van der Waals surface area (Å²) in [6.45, 7) is 10.8. The van der Waals surface area contributed by atoms with E-state index in [1.165, 1.54) is 19.1 Å². The van der Waals surface area contributed by atoms with Gasteiger partial charge in [0.05, 0.1) is 17.8 Å². The second-order valence-corrected chi connectivity index (χ2v) is 16.0. The number of nitrogens with two attached hydrogens (primary N) is 2. The highest BCUT2D eigenvalue weighted by molar-refractivity contribution is 6.21. The maximum absolute atomic E-state index is 15.1. The zero-order valence-electron chi connectivity index (χ0n) is 33.9. The first kappa shape index (κ1) is 44.4. The highest BCUT2D eigenvalue weighted by atomic mass is 16.6. The number of Topliss-reactive ketones (excluding diaryl/α,β-unsaturated/α-hetero) is 1. The molecule has 3 amide bonds. The van der Waals surface area contributed by atoms with Crippen molar-refractivity contribution < 1.29 is 33.8 Å². The Morgan fingerprint density at radius 1 is 0.719 bits per heavy atom. The number of carbonyl (C=O) groups is 4. The fourth-order valence-electron chi connectivity index (χ4n) is 6.47. The smallest absolute Gasteiger partial charge is 0.408 e. The highest BCUT2D eigenvalue weighted by Gasteiger charge is 2.38. The fraction of sp³-hybridized carbons (Fsp3) is 0.391. The van der Waals surface area contributed by atoms with Gasteiger partial charge in [-0.25, -0.2) is 9.69 Å². The number of nitrogens with one attached hydrogen (secondary N) is 1. The Hall–Kier alpha value is -5.36. The van der Waals surface area contributed by atoms with Gasteiger partial charge in [0, 0.05) is 17.5 Å². The zero-order valence-corrected chi connectivity index (χ0v) is 33.9. The van der Waals surface area contributed by atoms with E-state index in [0.29, 0.717) is 25.2 Å². The molecule has 0 bridgehead atoms. The summed E-state index contributed by atoms with van der Waals surface area (Å²) in [5.41, 5.74) is 14.8. The summed E-state index contributed by atoms with van der Waals surface area (Å²) in [5, 5.41) is 14.1. The fourth-order valence-corrected chi connectivity index (χ4v) is 6.47. The van der Waals surface area contributed by atoms with Gasteiger partial charge in [0.25, 0.3) is 5.91 Å². The van der Waals surface area contributed by atoms with Crippen molar-refractivity contribution in [1.82, 2.24) is 5.32 Å². The largest absolute Gasteiger partial charge is 0.489 e. The molecular weight excluding hydrogens is 721 g/mol. The Balaban J connectivity index is 1.73. The van der Waals surface area contributed by atoms with Crippen molar-refractivity contribution in [2.75, 3.05) is 4.90 Å². The molecule has 11 heteroatoms. The minimum absolute atomic E-state index is 0.0206. The van der Waals surface area contributed by atoms with Crippen LogP contribution in [0.3, 0.4) is 0 Å². The van der Waals surface area contributed by atoms with E-state index in [0.717, 1.165) is 21.6 Å². The molecule has 0 radical (unpaired) electrons. The lowest BCUT2D eigenvalue weighted by Gasteiger charge is -2.32. The molecule has 0 heterocycles. The Morgan fingerprint density at radius 3 is 1.88 bits per heavy atom. The molecule has 57 heavy (non-hydrogen) atoms. The van der Waals surface area contributed by atoms with Crippen LogP contribution in [0.25, 0.3) is 0 Å². The number of nitrogens with zero attached hydrogens (tertiary/aromatic N) is 1. The molecule has 4 rings (SSSR count). The molecule has 0 unspecified atom stereocenters. The molecule has 5 atom stereocenters. The van der Waals surface area contributed by atoms with E-state index in [1.807, 2.05) is 86.6 Å². The average Bonchev–Trinajstić information content (AvgIpc) is 3.17. The van der Waals surface area contributed by atoms with Gasteiger partial charge in [0.1, 0.15) is 24.0 Å². The summed E-state index contributed by atoms with van der Waals surface area (Å²) in [4.78, 5) is 57.4. The first-order valence-electron chi connectivity index (χ1n) is 19.5. The Morgan fingerprint density at radius 2 is 1.28 bits per heavy atom. The standard InChI is InChI=1S/C46H58N4O7/c1-30(2)25-39(48)42(52)37-19-13-14-20-40(37)50(43(53)31(3)49-45(55)57-46(4,5)6)44(54)35(28-41(51)38(47)27-32-15-9-7-10-16-32)26-33-21-23-36(24-22-33)56-29-34-17-11-8-12-18-34/h7-24,30-31,35,38-39,41,51H,25-29,47-48H2,1-6H3,(H,49,55)/t31-,35+,38-,39-,41-/m0/s1. The van der Waals surface area contributed by atoms with E-state index < -0.39 is 59.4 Å². The predicted molar refractivity (Wildman–Crippen MR) is 223 cm³/mol. The van der Waals surface area contributed by atoms with Crippen LogP contribution in [0.2, 0.25) is 0 Å². The van der Waals surface area contributed by atoms with Gasteiger partial charge in [-0.05, 0) is 100 Å². The van der Waals surface area contributed by atoms with Gasteiger partial charge in [0.15, 0.2) is 5.78 Å². The SMILES string of the molecule is CC(C)C[C@H](N)C(=O)c1ccccc1N(C(=O)[C@H](Cc1ccc(OCc2ccccc2)cc1)C[C@H](O)[C@@H](N)Cc1ccccc1)C(=O)[C@H](C)NC(=O)OC(C)(C)C. The topological polar surface area (TPSA) is 174 Å². The van der Waals surface area contributed by atoms with Gasteiger partial charge >= 0.3 is 6.09 Å². The van der Waals surface area contributed by atoms with Gasteiger partial charge in [-0.3, -0.25) is 14.4 Å². The first-order chi connectivity index (χ1) is 27.0. The molecule has 304 valence electrons. The number of para-hydroxylation sites is 1. The minimum atomic E-state index is -1.26. The van der Waals surface area contributed by atoms with Gasteiger partial charge in [-0.1, -0.05) is 98.8 Å². The zero-order chi connectivity index (χ0) is 41.7. The number of rotatable bonds is 18. The van der Waals surface area contributed by atoms with Gasteiger partial charge < -0.3 is 31.4 Å². The van der Waals surface area contributed by atoms with Crippen molar-refractivity contribution in [2.24, 2.45) is 23.3 Å². The van der Waals surface area contributed by atoms with Gasteiger partial charge in [-0.2, -0.15) is 0 Å². The summed E-state index contributed by atoms with van der Waals surface area (Å²) >= 11 is 0. The van der Waals surface area contributed by atoms with Crippen LogP contribution in [-0.2, 0) is 33.8 Å². The molecule has 4 aromatic carbocycles. The van der Waals surface area contributed by atoms with E-state index >= 15 is 4.79 Å². The molecule has 0 aliphatic rings. The van der Waals surface area contributed by atoms with E-state index in [-0.39, 0.29) is 30.0 Å². The number of carbonyl (C=O) groups excluding carboxylic acids is 4. The molecule has 11 nitrogen and oxygen atoms in total. The quantitative estimate of drug-likeness (QED) is 0.0795. The number of aliphatic hydroxyl groups excluding tert-OH is 1. The summed E-state index contributed by atoms with van der Waals surface area (Å²) in [5.74, 6) is -2.21. The van der Waals surface area contributed by atoms with Crippen LogP contribution in [0.5, 0.6) is 5.75 Å². The maximum Gasteiger partial charge on any atom is 0.408 e. The van der Waals surface area contributed by atoms with Crippen LogP contribution in [0, 0.1) is 11.8 Å². The Kier molecular flexibility index (Phi) is 16.1. The average molecular weight is 779 g/mol. The monoisotopic (exact) mass is 778 g/mol. The summed E-state index contributed by atoms with van der Waals surface area (Å²) in [7, 11) is 0. The van der Waals surface area contributed by atoms with E-state index in [1.54, 1.807) is 45.0 Å². The maximum atomic E-state index is 15.1. The second kappa shape index (κ2) is 20.7. The normalized spacial score (nSPS) is 14.1. The molecule has 0 aliphatic heterocycles. The van der Waals surface area contributed by atoms with Crippen LogP contribution in [0.1, 0.15) is 81.4 Å². The number of alkyl carbamates (subject to hydrolysis) is 1. The van der Waals surface area contributed by atoms with Crippen molar-refractivity contribution in [3.05, 3.63) is 131 Å². The number of aliphatic hydroxyl groups is 1. The molecule has 0 aromatic heterocycles. The third-order valence-electron chi connectivity index (χ3n) is 9.35. The lowest BCUT2D eigenvalue weighted by molar-refractivity contribution is -0.130. The van der Waals surface area contributed by atoms with E-state index in [9.17, 15) is 19.5 Å². The number of hydrogen-bond acceptors (Lipinski definition) is 9. The van der Waals surface area contributed by atoms with Crippen LogP contribution in [-0.4, -0.2) is 58.6 Å². The lowest BCUT2D eigenvalue weighted by atomic mass is 9.88. The molecular formula is C46H58N4O7. The van der Waals surface area contributed by atoms with Crippen molar-refractivity contribution in [3.63, 3.8) is 0 Å². The summed E-state index contributed by atoms with van der Waals surface area (Å²) < 4.78 is 11.4. The van der Waals surface area contributed by atoms with Gasteiger partial charge in [-0.15, -0.1) is 0 Å². The molecule has 6 N–H and O–H groups in total. The number of amides is 3. The number of anilines is 1. The molecule has 0 saturated carbocycles. The van der Waals surface area contributed by atoms with Crippen molar-refractivity contribution in [2.45, 2.75) is 104 Å². The van der Waals surface area contributed by atoms with Crippen molar-refractivity contribution in [3.8, 4) is 5.75 Å². The Bertz CT molecular complexity index is 1910. The van der Waals surface area contributed by atoms with Crippen LogP contribution in [0.15, 0.2) is 109 Å². The van der Waals surface area contributed by atoms with Crippen molar-refractivity contribution in [1.29, 1.82) is 0 Å². The molecule has 0 saturated heterocycles. The predicted octanol–water partition coefficient (Wildman–Crippen LogP) is 6.77. The number of ether oxygens (including phenoxy) is 2. The minimum Gasteiger partial charge on any atom is -0.489 e.